The number of halogens is 1. The molecule has 4 aromatic rings. The first-order chi connectivity index (χ1) is 21.6. The van der Waals surface area contributed by atoms with E-state index in [4.69, 9.17) is 21.3 Å². The van der Waals surface area contributed by atoms with Crippen LogP contribution in [0.1, 0.15) is 47.7 Å². The Labute approximate surface area is 266 Å². The number of rotatable bonds is 10. The summed E-state index contributed by atoms with van der Waals surface area (Å²) >= 11 is 7.03. The molecule has 0 radical (unpaired) electrons. The molecule has 2 heterocycles. The second kappa shape index (κ2) is 13.6. The van der Waals surface area contributed by atoms with Crippen molar-refractivity contribution < 1.29 is 14.3 Å². The monoisotopic (exact) mass is 629 g/mol. The van der Waals surface area contributed by atoms with Gasteiger partial charge < -0.3 is 19.9 Å². The second-order valence-electron chi connectivity index (χ2n) is 11.3. The van der Waals surface area contributed by atoms with Crippen LogP contribution in [0.2, 0.25) is 5.02 Å². The van der Waals surface area contributed by atoms with Crippen LogP contribution >= 0.6 is 11.6 Å². The Hall–Kier alpha value is -4.54. The number of Topliss-reactive ketones (excluding diaryl/α,β-unsaturated/α-hetero) is 1. The molecule has 11 heteroatoms. The van der Waals surface area contributed by atoms with Crippen LogP contribution in [0.5, 0.6) is 5.88 Å². The quantitative estimate of drug-likeness (QED) is 0.256. The van der Waals surface area contributed by atoms with E-state index >= 15 is 0 Å². The van der Waals surface area contributed by atoms with Gasteiger partial charge in [0.1, 0.15) is 11.3 Å². The van der Waals surface area contributed by atoms with Crippen LogP contribution in [0.4, 0.5) is 5.69 Å². The fraction of sp³-hybridized carbons (Fsp3) is 0.324. The van der Waals surface area contributed by atoms with Gasteiger partial charge in [-0.3, -0.25) is 19.0 Å². The summed E-state index contributed by atoms with van der Waals surface area (Å²) in [6, 6.07) is 15.0. The summed E-state index contributed by atoms with van der Waals surface area (Å²) < 4.78 is 7.99. The first-order valence-electron chi connectivity index (χ1n) is 14.9. The minimum Gasteiger partial charge on any atom is -0.478 e. The number of nitrogens with zero attached hydrogens (tertiary/aromatic N) is 3. The molecule has 234 valence electrons. The molecule has 1 atom stereocenters. The molecule has 0 saturated heterocycles. The smallest absolute Gasteiger partial charge is 0.330 e. The molecule has 5 rings (SSSR count). The average Bonchev–Trinajstić information content (AvgIpc) is 3.44. The number of carbonyl (C=O) groups is 2. The van der Waals surface area contributed by atoms with Crippen molar-refractivity contribution >= 4 is 29.0 Å². The molecule has 1 fully saturated rings. The highest BCUT2D eigenvalue weighted by Gasteiger charge is 2.22. The van der Waals surface area contributed by atoms with Crippen LogP contribution in [0.3, 0.4) is 0 Å². The molecule has 0 unspecified atom stereocenters. The number of benzene rings is 2. The van der Waals surface area contributed by atoms with E-state index in [0.29, 0.717) is 60.0 Å². The standard InChI is InChI=1S/C34H36ClN5O5/c1-5-45-32-22(18-36-17-21-12-14-23(41)16-21)13-15-29(38-32)26-10-6-9-25(30(26)35)24-8-7-11-28(20(24)2)37-31(42)27-19-39(3)34(44)40(4)33(27)43/h6-11,13,15,19,21,36H,5,12,14,16-18H2,1-4H3,(H,37,42)/t21-/m1/s1. The van der Waals surface area contributed by atoms with Crippen LogP contribution in [0.15, 0.2) is 64.3 Å². The minimum atomic E-state index is -0.675. The third-order valence-electron chi connectivity index (χ3n) is 8.15. The lowest BCUT2D eigenvalue weighted by atomic mass is 9.96. The summed E-state index contributed by atoms with van der Waals surface area (Å²) in [5.74, 6) is 0.613. The summed E-state index contributed by atoms with van der Waals surface area (Å²) in [7, 11) is 2.82. The van der Waals surface area contributed by atoms with Gasteiger partial charge in [0.25, 0.3) is 11.5 Å². The van der Waals surface area contributed by atoms with Crippen LogP contribution in [-0.2, 0) is 25.4 Å². The number of carbonyl (C=O) groups excluding carboxylic acids is 2. The Morgan fingerprint density at radius 3 is 2.51 bits per heavy atom. The van der Waals surface area contributed by atoms with Crippen LogP contribution in [-0.4, -0.2) is 39.0 Å². The summed E-state index contributed by atoms with van der Waals surface area (Å²) in [4.78, 5) is 54.2. The number of ether oxygens (including phenoxy) is 1. The van der Waals surface area contributed by atoms with Crippen molar-refractivity contribution in [2.24, 2.45) is 20.0 Å². The van der Waals surface area contributed by atoms with Gasteiger partial charge >= 0.3 is 5.69 Å². The zero-order valence-electron chi connectivity index (χ0n) is 25.8. The molecule has 45 heavy (non-hydrogen) atoms. The zero-order valence-corrected chi connectivity index (χ0v) is 26.5. The number of aromatic nitrogens is 3. The predicted octanol–water partition coefficient (Wildman–Crippen LogP) is 4.88. The third-order valence-corrected chi connectivity index (χ3v) is 8.56. The SMILES string of the molecule is CCOc1nc(-c2cccc(-c3cccc(NC(=O)c4cn(C)c(=O)n(C)c4=O)c3C)c2Cl)ccc1CNC[C@@H]1CCC(=O)C1. The predicted molar refractivity (Wildman–Crippen MR) is 175 cm³/mol. The van der Waals surface area contributed by atoms with Gasteiger partial charge in [0, 0.05) is 62.1 Å². The van der Waals surface area contributed by atoms with Crippen LogP contribution < -0.4 is 26.6 Å². The Morgan fingerprint density at radius 1 is 1.04 bits per heavy atom. The summed E-state index contributed by atoms with van der Waals surface area (Å²) in [5, 5.41) is 6.76. The molecule has 0 bridgehead atoms. The Morgan fingerprint density at radius 2 is 1.78 bits per heavy atom. The number of ketones is 1. The van der Waals surface area contributed by atoms with Crippen LogP contribution in [0.25, 0.3) is 22.4 Å². The number of hydrogen-bond donors (Lipinski definition) is 2. The van der Waals surface area contributed by atoms with Gasteiger partial charge in [0.05, 0.1) is 17.3 Å². The van der Waals surface area contributed by atoms with E-state index < -0.39 is 17.2 Å². The largest absolute Gasteiger partial charge is 0.478 e. The highest BCUT2D eigenvalue weighted by molar-refractivity contribution is 6.36. The highest BCUT2D eigenvalue weighted by atomic mass is 35.5. The van der Waals surface area contributed by atoms with E-state index in [1.165, 1.54) is 24.9 Å². The van der Waals surface area contributed by atoms with E-state index in [1.807, 2.05) is 50.2 Å². The number of nitrogens with one attached hydrogen (secondary N) is 2. The molecule has 1 aliphatic carbocycles. The first kappa shape index (κ1) is 31.9. The van der Waals surface area contributed by atoms with E-state index in [0.717, 1.165) is 45.3 Å². The van der Waals surface area contributed by atoms with E-state index in [-0.39, 0.29) is 5.56 Å². The molecule has 2 aromatic carbocycles. The second-order valence-corrected chi connectivity index (χ2v) is 11.6. The van der Waals surface area contributed by atoms with Crippen LogP contribution in [0, 0.1) is 12.8 Å². The van der Waals surface area contributed by atoms with Crippen molar-refractivity contribution in [1.82, 2.24) is 19.4 Å². The maximum atomic E-state index is 13.1. The van der Waals surface area contributed by atoms with Gasteiger partial charge in [-0.1, -0.05) is 48.0 Å². The molecule has 1 amide bonds. The van der Waals surface area contributed by atoms with Gasteiger partial charge in [-0.05, 0) is 56.0 Å². The summed E-state index contributed by atoms with van der Waals surface area (Å²) in [6.45, 7) is 5.57. The molecule has 2 N–H and O–H groups in total. The Balaban J connectivity index is 1.41. The van der Waals surface area contributed by atoms with Gasteiger partial charge in [0.2, 0.25) is 5.88 Å². The molecular formula is C34H36ClN5O5. The molecule has 1 saturated carbocycles. The normalized spacial score (nSPS) is 14.5. The average molecular weight is 630 g/mol. The maximum absolute atomic E-state index is 13.1. The fourth-order valence-electron chi connectivity index (χ4n) is 5.65. The van der Waals surface area contributed by atoms with Gasteiger partial charge in [-0.25, -0.2) is 9.78 Å². The summed E-state index contributed by atoms with van der Waals surface area (Å²) in [5.41, 5.74) is 3.76. The number of aryl methyl sites for hydroxylation is 1. The lowest BCUT2D eigenvalue weighted by Crippen LogP contribution is -2.40. The van der Waals surface area contributed by atoms with Gasteiger partial charge in [-0.15, -0.1) is 0 Å². The van der Waals surface area contributed by atoms with Crippen molar-refractivity contribution in [3.63, 3.8) is 0 Å². The topological polar surface area (TPSA) is 124 Å². The molecule has 1 aliphatic rings. The number of amides is 1. The molecule has 0 aliphatic heterocycles. The van der Waals surface area contributed by atoms with E-state index in [9.17, 15) is 19.2 Å². The fourth-order valence-corrected chi connectivity index (χ4v) is 5.97. The van der Waals surface area contributed by atoms with E-state index in [1.54, 1.807) is 12.1 Å². The van der Waals surface area contributed by atoms with Gasteiger partial charge in [0.15, 0.2) is 0 Å². The van der Waals surface area contributed by atoms with Crippen molar-refractivity contribution in [3.8, 4) is 28.3 Å². The minimum absolute atomic E-state index is 0.145. The lowest BCUT2D eigenvalue weighted by Gasteiger charge is -2.17. The third kappa shape index (κ3) is 6.77. The first-order valence-corrected chi connectivity index (χ1v) is 15.3. The van der Waals surface area contributed by atoms with Crippen molar-refractivity contribution in [1.29, 1.82) is 0 Å². The van der Waals surface area contributed by atoms with Gasteiger partial charge in [-0.2, -0.15) is 0 Å². The Kier molecular flexibility index (Phi) is 9.65. The van der Waals surface area contributed by atoms with Crippen molar-refractivity contribution in [2.75, 3.05) is 18.5 Å². The highest BCUT2D eigenvalue weighted by Crippen LogP contribution is 2.39. The summed E-state index contributed by atoms with van der Waals surface area (Å²) in [6.07, 6.45) is 3.48. The molecule has 10 nitrogen and oxygen atoms in total. The number of hydrogen-bond acceptors (Lipinski definition) is 7. The number of anilines is 1. The van der Waals surface area contributed by atoms with Crippen molar-refractivity contribution in [3.05, 3.63) is 97.3 Å². The zero-order chi connectivity index (χ0) is 32.2. The molecule has 0 spiro atoms. The van der Waals surface area contributed by atoms with Crippen molar-refractivity contribution in [2.45, 2.75) is 39.7 Å². The number of pyridine rings is 1. The molecule has 2 aromatic heterocycles. The lowest BCUT2D eigenvalue weighted by molar-refractivity contribution is -0.117. The maximum Gasteiger partial charge on any atom is 0.330 e. The Bertz CT molecular complexity index is 1900. The molecular weight excluding hydrogens is 594 g/mol. The van der Waals surface area contributed by atoms with E-state index in [2.05, 4.69) is 10.6 Å².